The van der Waals surface area contributed by atoms with Crippen molar-refractivity contribution in [1.29, 1.82) is 0 Å². The van der Waals surface area contributed by atoms with Crippen molar-refractivity contribution in [2.24, 2.45) is 7.05 Å². The van der Waals surface area contributed by atoms with Crippen LogP contribution in [0.25, 0.3) is 11.1 Å². The summed E-state index contributed by atoms with van der Waals surface area (Å²) in [6.45, 7) is 1.65. The van der Waals surface area contributed by atoms with Gasteiger partial charge in [0.2, 0.25) is 5.91 Å². The Morgan fingerprint density at radius 2 is 1.92 bits per heavy atom. The van der Waals surface area contributed by atoms with Crippen LogP contribution in [0.1, 0.15) is 29.2 Å². The van der Waals surface area contributed by atoms with E-state index in [-0.39, 0.29) is 23.0 Å². The first-order valence-corrected chi connectivity index (χ1v) is 13.3. The van der Waals surface area contributed by atoms with E-state index in [1.807, 2.05) is 0 Å². The summed E-state index contributed by atoms with van der Waals surface area (Å²) < 4.78 is 39.2. The molecule has 0 bridgehead atoms. The number of hydrogen-bond donors (Lipinski definition) is 1. The Kier molecular flexibility index (Phi) is 8.65. The van der Waals surface area contributed by atoms with E-state index in [1.165, 1.54) is 24.5 Å². The fraction of sp³-hybridized carbons (Fsp3) is 0.200. The number of thiophene rings is 1. The van der Waals surface area contributed by atoms with Crippen LogP contribution in [0.5, 0.6) is 5.75 Å². The van der Waals surface area contributed by atoms with Gasteiger partial charge in [-0.05, 0) is 36.8 Å². The number of esters is 1. The number of thioether (sulfide) groups is 1. The van der Waals surface area contributed by atoms with Crippen LogP contribution in [0.3, 0.4) is 0 Å². The number of ether oxygens (including phenoxy) is 2. The highest BCUT2D eigenvalue weighted by atomic mass is 35.5. The fourth-order valence-electron chi connectivity index (χ4n) is 3.51. The van der Waals surface area contributed by atoms with E-state index in [1.54, 1.807) is 48.2 Å². The van der Waals surface area contributed by atoms with Gasteiger partial charge in [-0.15, -0.1) is 21.5 Å². The maximum Gasteiger partial charge on any atom is 0.341 e. The minimum absolute atomic E-state index is 0.0252. The number of halogens is 3. The van der Waals surface area contributed by atoms with E-state index >= 15 is 0 Å². The molecular weight excluding hydrogens is 558 g/mol. The van der Waals surface area contributed by atoms with E-state index in [4.69, 9.17) is 21.1 Å². The van der Waals surface area contributed by atoms with E-state index in [9.17, 15) is 18.4 Å². The van der Waals surface area contributed by atoms with Crippen molar-refractivity contribution in [2.75, 3.05) is 18.2 Å². The Morgan fingerprint density at radius 3 is 2.61 bits per heavy atom. The molecule has 0 fully saturated rings. The lowest BCUT2D eigenvalue weighted by Crippen LogP contribution is -2.16. The molecule has 1 N–H and O–H groups in total. The number of anilines is 1. The zero-order chi connectivity index (χ0) is 27.4. The molecule has 8 nitrogen and oxygen atoms in total. The molecule has 1 atom stereocenters. The first kappa shape index (κ1) is 27.6. The summed E-state index contributed by atoms with van der Waals surface area (Å²) in [7, 11) is 2.96. The zero-order valence-electron chi connectivity index (χ0n) is 20.3. The fourth-order valence-corrected chi connectivity index (χ4v) is 5.33. The molecule has 2 heterocycles. The third kappa shape index (κ3) is 6.14. The van der Waals surface area contributed by atoms with Gasteiger partial charge in [-0.3, -0.25) is 4.79 Å². The van der Waals surface area contributed by atoms with Gasteiger partial charge in [0.15, 0.2) is 28.7 Å². The second-order valence-electron chi connectivity index (χ2n) is 7.92. The van der Waals surface area contributed by atoms with Crippen LogP contribution in [0.15, 0.2) is 53.0 Å². The number of benzene rings is 2. The van der Waals surface area contributed by atoms with Gasteiger partial charge in [0, 0.05) is 29.1 Å². The molecule has 198 valence electrons. The zero-order valence-corrected chi connectivity index (χ0v) is 22.7. The molecule has 0 aliphatic carbocycles. The molecule has 2 aromatic heterocycles. The molecule has 2 aromatic carbocycles. The smallest absolute Gasteiger partial charge is 0.341 e. The number of hydrogen-bond acceptors (Lipinski definition) is 8. The first-order chi connectivity index (χ1) is 18.2. The minimum Gasteiger partial charge on any atom is -0.480 e. The van der Waals surface area contributed by atoms with Gasteiger partial charge in [0.25, 0.3) is 0 Å². The van der Waals surface area contributed by atoms with Crippen LogP contribution in [0.2, 0.25) is 5.02 Å². The van der Waals surface area contributed by atoms with Gasteiger partial charge in [-0.25, -0.2) is 13.6 Å². The molecule has 13 heteroatoms. The number of amides is 1. The standard InChI is InChI=1S/C25H21ClF2N4O4S2/c1-13(36-19-9-8-16(27)10-18(19)28)22-30-31-25(32(22)2)38-12-20(33)29-23-21(24(34)35-3)17(11-37-23)14-4-6-15(26)7-5-14/h4-11,13H,12H2,1-3H3,(H,29,33). The van der Waals surface area contributed by atoms with Crippen molar-refractivity contribution in [3.05, 3.63) is 75.9 Å². The van der Waals surface area contributed by atoms with Gasteiger partial charge < -0.3 is 19.4 Å². The van der Waals surface area contributed by atoms with Gasteiger partial charge in [-0.1, -0.05) is 35.5 Å². The molecule has 38 heavy (non-hydrogen) atoms. The highest BCUT2D eigenvalue weighted by Gasteiger charge is 2.23. The number of nitrogens with one attached hydrogen (secondary N) is 1. The third-order valence-electron chi connectivity index (χ3n) is 5.35. The van der Waals surface area contributed by atoms with Gasteiger partial charge in [0.05, 0.1) is 12.9 Å². The van der Waals surface area contributed by atoms with Crippen LogP contribution in [-0.4, -0.2) is 39.5 Å². The molecular formula is C25H21ClF2N4O4S2. The SMILES string of the molecule is COC(=O)c1c(-c2ccc(Cl)cc2)csc1NC(=O)CSc1nnc(C(C)Oc2ccc(F)cc2F)n1C. The number of carbonyl (C=O) groups is 2. The number of nitrogens with zero attached hydrogens (tertiary/aromatic N) is 3. The molecule has 0 saturated heterocycles. The predicted molar refractivity (Wildman–Crippen MR) is 142 cm³/mol. The van der Waals surface area contributed by atoms with E-state index in [2.05, 4.69) is 15.5 Å². The number of carbonyl (C=O) groups excluding carboxylic acids is 2. The molecule has 0 spiro atoms. The summed E-state index contributed by atoms with van der Waals surface area (Å²) in [5.41, 5.74) is 1.62. The van der Waals surface area contributed by atoms with Crippen molar-refractivity contribution >= 4 is 51.6 Å². The van der Waals surface area contributed by atoms with Crippen molar-refractivity contribution in [2.45, 2.75) is 18.2 Å². The predicted octanol–water partition coefficient (Wildman–Crippen LogP) is 6.13. The maximum absolute atomic E-state index is 13.9. The molecule has 1 amide bonds. The first-order valence-electron chi connectivity index (χ1n) is 11.1. The lowest BCUT2D eigenvalue weighted by Gasteiger charge is -2.14. The van der Waals surface area contributed by atoms with Crippen molar-refractivity contribution in [1.82, 2.24) is 14.8 Å². The van der Waals surface area contributed by atoms with Crippen molar-refractivity contribution in [3.63, 3.8) is 0 Å². The molecule has 0 aliphatic heterocycles. The number of aromatic nitrogens is 3. The van der Waals surface area contributed by atoms with E-state index in [0.29, 0.717) is 26.6 Å². The summed E-state index contributed by atoms with van der Waals surface area (Å²) in [5.74, 6) is -2.25. The summed E-state index contributed by atoms with van der Waals surface area (Å²) >= 11 is 8.30. The van der Waals surface area contributed by atoms with Gasteiger partial charge >= 0.3 is 5.97 Å². The summed E-state index contributed by atoms with van der Waals surface area (Å²) in [6.07, 6.45) is -0.698. The Balaban J connectivity index is 1.43. The van der Waals surface area contributed by atoms with Gasteiger partial charge in [0.1, 0.15) is 16.4 Å². The Bertz CT molecular complexity index is 1480. The second-order valence-corrected chi connectivity index (χ2v) is 10.2. The van der Waals surface area contributed by atoms with Crippen molar-refractivity contribution in [3.8, 4) is 16.9 Å². The molecule has 4 aromatic rings. The number of methoxy groups -OCH3 is 1. The molecule has 0 radical (unpaired) electrons. The average Bonchev–Trinajstić information content (AvgIpc) is 3.47. The lowest BCUT2D eigenvalue weighted by molar-refractivity contribution is -0.113. The van der Waals surface area contributed by atoms with Crippen molar-refractivity contribution < 1.29 is 27.8 Å². The molecule has 0 aliphatic rings. The minimum atomic E-state index is -0.829. The largest absolute Gasteiger partial charge is 0.480 e. The summed E-state index contributed by atoms with van der Waals surface area (Å²) in [4.78, 5) is 25.3. The van der Waals surface area contributed by atoms with Crippen LogP contribution in [0.4, 0.5) is 13.8 Å². The van der Waals surface area contributed by atoms with E-state index < -0.39 is 23.7 Å². The van der Waals surface area contributed by atoms with E-state index in [0.717, 1.165) is 29.5 Å². The normalized spacial score (nSPS) is 11.7. The Hall–Kier alpha value is -3.48. The quantitative estimate of drug-likeness (QED) is 0.188. The lowest BCUT2D eigenvalue weighted by atomic mass is 10.0. The Morgan fingerprint density at radius 1 is 1.18 bits per heavy atom. The molecule has 1 unspecified atom stereocenters. The van der Waals surface area contributed by atoms with Gasteiger partial charge in [-0.2, -0.15) is 0 Å². The third-order valence-corrected chi connectivity index (χ3v) is 7.52. The summed E-state index contributed by atoms with van der Waals surface area (Å²) in [5, 5.41) is 14.0. The second kappa shape index (κ2) is 11.9. The monoisotopic (exact) mass is 578 g/mol. The average molecular weight is 579 g/mol. The van der Waals surface area contributed by atoms with Crippen LogP contribution in [-0.2, 0) is 16.6 Å². The summed E-state index contributed by atoms with van der Waals surface area (Å²) in [6, 6.07) is 10.0. The number of rotatable bonds is 9. The van der Waals surface area contributed by atoms with Crippen LogP contribution in [0, 0.1) is 11.6 Å². The maximum atomic E-state index is 13.9. The highest BCUT2D eigenvalue weighted by molar-refractivity contribution is 7.99. The van der Waals surface area contributed by atoms with Crippen LogP contribution < -0.4 is 10.1 Å². The topological polar surface area (TPSA) is 95.3 Å². The Labute approximate surface area is 229 Å². The van der Waals surface area contributed by atoms with Crippen LogP contribution >= 0.6 is 34.7 Å². The molecule has 0 saturated carbocycles. The molecule has 4 rings (SSSR count). The highest BCUT2D eigenvalue weighted by Crippen LogP contribution is 2.37.